The summed E-state index contributed by atoms with van der Waals surface area (Å²) >= 11 is 5.82. The van der Waals surface area contributed by atoms with Crippen LogP contribution in [0.25, 0.3) is 0 Å². The second-order valence-electron chi connectivity index (χ2n) is 4.43. The average molecular weight is 240 g/mol. The largest absolute Gasteiger partial charge is 0.359 e. The van der Waals surface area contributed by atoms with Gasteiger partial charge >= 0.3 is 0 Å². The zero-order chi connectivity index (χ0) is 11.4. The van der Waals surface area contributed by atoms with Gasteiger partial charge in [-0.05, 0) is 44.0 Å². The topological polar surface area (TPSA) is 28.2 Å². The van der Waals surface area contributed by atoms with Crippen LogP contribution in [0.2, 0.25) is 5.02 Å². The van der Waals surface area contributed by atoms with E-state index in [1.807, 2.05) is 12.1 Å². The molecule has 1 saturated heterocycles. The molecule has 1 aliphatic rings. The molecule has 0 aliphatic carbocycles. The highest BCUT2D eigenvalue weighted by Crippen LogP contribution is 2.17. The Hall–Kier alpha value is -0.800. The second kappa shape index (κ2) is 5.51. The molecule has 1 unspecified atom stereocenters. The Morgan fingerprint density at radius 2 is 2.44 bits per heavy atom. The van der Waals surface area contributed by atoms with Gasteiger partial charge in [-0.2, -0.15) is 0 Å². The molecule has 0 radical (unpaired) electrons. The smallest absolute Gasteiger partial charge is 0.128 e. The Bertz CT molecular complexity index is 320. The van der Waals surface area contributed by atoms with Crippen LogP contribution in [-0.4, -0.2) is 31.7 Å². The molecule has 2 heterocycles. The van der Waals surface area contributed by atoms with E-state index in [4.69, 9.17) is 11.6 Å². The van der Waals surface area contributed by atoms with Gasteiger partial charge in [0.05, 0.1) is 5.02 Å². The Morgan fingerprint density at radius 3 is 3.06 bits per heavy atom. The Morgan fingerprint density at radius 1 is 1.56 bits per heavy atom. The Balaban J connectivity index is 1.91. The van der Waals surface area contributed by atoms with E-state index in [1.165, 1.54) is 19.4 Å². The first-order chi connectivity index (χ1) is 7.75. The predicted octanol–water partition coefficient (Wildman–Crippen LogP) is 2.17. The van der Waals surface area contributed by atoms with Crippen molar-refractivity contribution in [1.82, 2.24) is 10.3 Å². The van der Waals surface area contributed by atoms with Crippen molar-refractivity contribution in [2.24, 2.45) is 5.92 Å². The van der Waals surface area contributed by atoms with E-state index in [9.17, 15) is 0 Å². The molecule has 2 rings (SSSR count). The molecule has 1 fully saturated rings. The zero-order valence-corrected chi connectivity index (χ0v) is 10.4. The fraction of sp³-hybridized carbons (Fsp3) is 0.583. The highest BCUT2D eigenvalue weighted by atomic mass is 35.5. The molecule has 0 bridgehead atoms. The third-order valence-electron chi connectivity index (χ3n) is 3.03. The van der Waals surface area contributed by atoms with Crippen molar-refractivity contribution >= 4 is 17.4 Å². The van der Waals surface area contributed by atoms with Gasteiger partial charge in [0.1, 0.15) is 5.82 Å². The van der Waals surface area contributed by atoms with Gasteiger partial charge < -0.3 is 10.2 Å². The summed E-state index contributed by atoms with van der Waals surface area (Å²) in [5, 5.41) is 4.12. The van der Waals surface area contributed by atoms with E-state index in [-0.39, 0.29) is 0 Å². The third kappa shape index (κ3) is 3.09. The van der Waals surface area contributed by atoms with Crippen LogP contribution in [0.4, 0.5) is 5.82 Å². The van der Waals surface area contributed by atoms with Gasteiger partial charge in [0.2, 0.25) is 0 Å². The summed E-state index contributed by atoms with van der Waals surface area (Å²) in [6, 6.07) is 3.86. The van der Waals surface area contributed by atoms with Crippen LogP contribution in [0.3, 0.4) is 0 Å². The van der Waals surface area contributed by atoms with Gasteiger partial charge in [-0.25, -0.2) is 4.98 Å². The quantitative estimate of drug-likeness (QED) is 0.877. The van der Waals surface area contributed by atoms with Crippen molar-refractivity contribution in [2.75, 3.05) is 31.6 Å². The summed E-state index contributed by atoms with van der Waals surface area (Å²) in [6.07, 6.45) is 4.30. The van der Waals surface area contributed by atoms with Gasteiger partial charge in [-0.1, -0.05) is 11.6 Å². The highest BCUT2D eigenvalue weighted by Gasteiger charge is 2.15. The lowest BCUT2D eigenvalue weighted by atomic mass is 9.99. The van der Waals surface area contributed by atoms with Crippen LogP contribution in [0, 0.1) is 5.92 Å². The van der Waals surface area contributed by atoms with Gasteiger partial charge in [0.15, 0.2) is 0 Å². The Labute approximate surface area is 102 Å². The molecule has 3 nitrogen and oxygen atoms in total. The number of rotatable bonds is 3. The Kier molecular flexibility index (Phi) is 4.02. The zero-order valence-electron chi connectivity index (χ0n) is 9.62. The molecule has 0 spiro atoms. The van der Waals surface area contributed by atoms with E-state index in [0.717, 1.165) is 24.8 Å². The van der Waals surface area contributed by atoms with Crippen molar-refractivity contribution in [3.05, 3.63) is 23.4 Å². The third-order valence-corrected chi connectivity index (χ3v) is 3.26. The first-order valence-corrected chi connectivity index (χ1v) is 6.17. The summed E-state index contributed by atoms with van der Waals surface area (Å²) < 4.78 is 0. The molecule has 88 valence electrons. The molecule has 0 aromatic carbocycles. The number of hydrogen-bond donors (Lipinski definition) is 1. The number of aromatic nitrogens is 1. The second-order valence-corrected chi connectivity index (χ2v) is 4.86. The number of halogens is 1. The molecule has 1 aromatic heterocycles. The molecule has 1 aromatic rings. The molecular formula is C12H18ClN3. The molecule has 1 N–H and O–H groups in total. The van der Waals surface area contributed by atoms with Crippen molar-refractivity contribution in [2.45, 2.75) is 12.8 Å². The molecule has 4 heteroatoms. The lowest BCUT2D eigenvalue weighted by Crippen LogP contribution is -2.37. The summed E-state index contributed by atoms with van der Waals surface area (Å²) in [4.78, 5) is 6.52. The number of piperidine rings is 1. The summed E-state index contributed by atoms with van der Waals surface area (Å²) in [5.74, 6) is 1.73. The number of nitrogens with one attached hydrogen (secondary N) is 1. The predicted molar refractivity (Wildman–Crippen MR) is 68.1 cm³/mol. The molecule has 1 atom stereocenters. The normalized spacial score (nSPS) is 20.8. The lowest BCUT2D eigenvalue weighted by molar-refractivity contribution is 0.380. The first-order valence-electron chi connectivity index (χ1n) is 5.79. The number of nitrogens with zero attached hydrogens (tertiary/aromatic N) is 2. The van der Waals surface area contributed by atoms with E-state index >= 15 is 0 Å². The maximum atomic E-state index is 5.82. The SMILES string of the molecule is CN(CC1CCCNC1)c1ccc(Cl)cn1. The van der Waals surface area contributed by atoms with E-state index < -0.39 is 0 Å². The van der Waals surface area contributed by atoms with Crippen molar-refractivity contribution in [1.29, 1.82) is 0 Å². The monoisotopic (exact) mass is 239 g/mol. The van der Waals surface area contributed by atoms with Crippen molar-refractivity contribution in [3.8, 4) is 0 Å². The van der Waals surface area contributed by atoms with Gasteiger partial charge in [0.25, 0.3) is 0 Å². The standard InChI is InChI=1S/C12H18ClN3/c1-16(9-10-3-2-6-14-7-10)12-5-4-11(13)8-15-12/h4-5,8,10,14H,2-3,6-7,9H2,1H3. The fourth-order valence-electron chi connectivity index (χ4n) is 2.15. The fourth-order valence-corrected chi connectivity index (χ4v) is 2.27. The van der Waals surface area contributed by atoms with Crippen LogP contribution < -0.4 is 10.2 Å². The van der Waals surface area contributed by atoms with Crippen LogP contribution in [0.15, 0.2) is 18.3 Å². The number of pyridine rings is 1. The first kappa shape index (κ1) is 11.7. The van der Waals surface area contributed by atoms with Crippen LogP contribution >= 0.6 is 11.6 Å². The molecule has 1 aliphatic heterocycles. The molecule has 0 saturated carbocycles. The van der Waals surface area contributed by atoms with Gasteiger partial charge in [-0.3, -0.25) is 0 Å². The van der Waals surface area contributed by atoms with Crippen LogP contribution in [0.5, 0.6) is 0 Å². The van der Waals surface area contributed by atoms with Crippen molar-refractivity contribution < 1.29 is 0 Å². The van der Waals surface area contributed by atoms with E-state index in [2.05, 4.69) is 22.2 Å². The van der Waals surface area contributed by atoms with Crippen molar-refractivity contribution in [3.63, 3.8) is 0 Å². The summed E-state index contributed by atoms with van der Waals surface area (Å²) in [5.41, 5.74) is 0. The molecule has 16 heavy (non-hydrogen) atoms. The minimum Gasteiger partial charge on any atom is -0.359 e. The van der Waals surface area contributed by atoms with Gasteiger partial charge in [0, 0.05) is 19.8 Å². The minimum absolute atomic E-state index is 0.691. The highest BCUT2D eigenvalue weighted by molar-refractivity contribution is 6.30. The van der Waals surface area contributed by atoms with Gasteiger partial charge in [-0.15, -0.1) is 0 Å². The lowest BCUT2D eigenvalue weighted by Gasteiger charge is -2.28. The summed E-state index contributed by atoms with van der Waals surface area (Å²) in [7, 11) is 2.09. The van der Waals surface area contributed by atoms with Crippen LogP contribution in [-0.2, 0) is 0 Å². The minimum atomic E-state index is 0.691. The van der Waals surface area contributed by atoms with E-state index in [1.54, 1.807) is 6.20 Å². The number of anilines is 1. The van der Waals surface area contributed by atoms with E-state index in [0.29, 0.717) is 5.02 Å². The maximum Gasteiger partial charge on any atom is 0.128 e. The average Bonchev–Trinajstić information content (AvgIpc) is 2.31. The molecular weight excluding hydrogens is 222 g/mol. The summed E-state index contributed by atoms with van der Waals surface area (Å²) in [6.45, 7) is 3.35. The molecule has 0 amide bonds. The maximum absolute atomic E-state index is 5.82. The number of hydrogen-bond acceptors (Lipinski definition) is 3. The van der Waals surface area contributed by atoms with Crippen LogP contribution in [0.1, 0.15) is 12.8 Å².